The van der Waals surface area contributed by atoms with E-state index in [2.05, 4.69) is 9.47 Å². The molecule has 0 saturated carbocycles. The third kappa shape index (κ3) is 2.87. The van der Waals surface area contributed by atoms with Gasteiger partial charge in [-0.3, -0.25) is 9.59 Å². The lowest BCUT2D eigenvalue weighted by atomic mass is 10.3. The normalized spacial score (nSPS) is 14.7. The zero-order valence-corrected chi connectivity index (χ0v) is 8.06. The van der Waals surface area contributed by atoms with Crippen LogP contribution in [0.4, 0.5) is 0 Å². The summed E-state index contributed by atoms with van der Waals surface area (Å²) in [5.41, 5.74) is 0. The fraction of sp³-hybridized carbons (Fsp3) is 0.667. The standard InChI is InChI=1S/C6H8Cl2O4/c1-11-5(9)3(7)4(8)6(10)12-2/h3-4H,1-2H3/t3-,4-/m1/s1. The summed E-state index contributed by atoms with van der Waals surface area (Å²) < 4.78 is 8.53. The van der Waals surface area contributed by atoms with E-state index < -0.39 is 22.7 Å². The first-order valence-electron chi connectivity index (χ1n) is 2.98. The van der Waals surface area contributed by atoms with Gasteiger partial charge in [-0.2, -0.15) is 0 Å². The Labute approximate surface area is 79.7 Å². The quantitative estimate of drug-likeness (QED) is 0.509. The maximum atomic E-state index is 10.7. The van der Waals surface area contributed by atoms with Crippen molar-refractivity contribution in [1.82, 2.24) is 0 Å². The second-order valence-electron chi connectivity index (χ2n) is 1.85. The Morgan fingerprint density at radius 1 is 1.00 bits per heavy atom. The summed E-state index contributed by atoms with van der Waals surface area (Å²) in [4.78, 5) is 21.5. The zero-order chi connectivity index (χ0) is 9.72. The van der Waals surface area contributed by atoms with Crippen molar-refractivity contribution in [2.45, 2.75) is 10.8 Å². The number of carbonyl (C=O) groups excluding carboxylic acids is 2. The fourth-order valence-electron chi connectivity index (χ4n) is 0.464. The summed E-state index contributed by atoms with van der Waals surface area (Å²) in [6, 6.07) is 0. The van der Waals surface area contributed by atoms with E-state index in [1.807, 2.05) is 0 Å². The first kappa shape index (κ1) is 11.5. The smallest absolute Gasteiger partial charge is 0.325 e. The number of methoxy groups -OCH3 is 2. The second kappa shape index (κ2) is 5.22. The summed E-state index contributed by atoms with van der Waals surface area (Å²) in [6.07, 6.45) is 0. The molecule has 2 atom stereocenters. The number of carbonyl (C=O) groups is 2. The van der Waals surface area contributed by atoms with Crippen molar-refractivity contribution < 1.29 is 19.1 Å². The number of ether oxygens (including phenoxy) is 2. The average molecular weight is 215 g/mol. The van der Waals surface area contributed by atoms with Crippen LogP contribution in [-0.4, -0.2) is 36.9 Å². The van der Waals surface area contributed by atoms with Crippen molar-refractivity contribution >= 4 is 35.1 Å². The predicted molar refractivity (Wildman–Crippen MR) is 43.3 cm³/mol. The van der Waals surface area contributed by atoms with Crippen molar-refractivity contribution in [2.24, 2.45) is 0 Å². The summed E-state index contributed by atoms with van der Waals surface area (Å²) in [7, 11) is 2.30. The Morgan fingerprint density at radius 2 is 1.25 bits per heavy atom. The van der Waals surface area contributed by atoms with Crippen LogP contribution in [0.2, 0.25) is 0 Å². The van der Waals surface area contributed by atoms with Gasteiger partial charge in [-0.05, 0) is 0 Å². The number of alkyl halides is 2. The van der Waals surface area contributed by atoms with Crippen LogP contribution in [0.1, 0.15) is 0 Å². The van der Waals surface area contributed by atoms with Gasteiger partial charge < -0.3 is 9.47 Å². The first-order valence-corrected chi connectivity index (χ1v) is 3.85. The Morgan fingerprint density at radius 3 is 1.42 bits per heavy atom. The number of rotatable bonds is 3. The molecule has 0 aliphatic rings. The largest absolute Gasteiger partial charge is 0.468 e. The molecule has 70 valence electrons. The molecule has 4 nitrogen and oxygen atoms in total. The molecule has 0 aromatic rings. The molecule has 0 amide bonds. The van der Waals surface area contributed by atoms with Crippen LogP contribution in [0.3, 0.4) is 0 Å². The van der Waals surface area contributed by atoms with Crippen molar-refractivity contribution in [3.63, 3.8) is 0 Å². The molecule has 0 heterocycles. The van der Waals surface area contributed by atoms with Crippen LogP contribution < -0.4 is 0 Å². The third-order valence-electron chi connectivity index (χ3n) is 1.11. The van der Waals surface area contributed by atoms with Crippen molar-refractivity contribution in [3.8, 4) is 0 Å². The van der Waals surface area contributed by atoms with Crippen LogP contribution in [0.25, 0.3) is 0 Å². The topological polar surface area (TPSA) is 52.6 Å². The van der Waals surface area contributed by atoms with Crippen LogP contribution in [0, 0.1) is 0 Å². The summed E-state index contributed by atoms with van der Waals surface area (Å²) in [5.74, 6) is -1.52. The highest BCUT2D eigenvalue weighted by molar-refractivity contribution is 6.41. The Balaban J connectivity index is 4.18. The Hall–Kier alpha value is -0.480. The van der Waals surface area contributed by atoms with E-state index in [9.17, 15) is 9.59 Å². The number of esters is 2. The van der Waals surface area contributed by atoms with Gasteiger partial charge in [0.25, 0.3) is 0 Å². The fourth-order valence-corrected chi connectivity index (χ4v) is 0.848. The van der Waals surface area contributed by atoms with Gasteiger partial charge in [-0.15, -0.1) is 23.2 Å². The predicted octanol–water partition coefficient (Wildman–Crippen LogP) is 0.547. The van der Waals surface area contributed by atoms with Gasteiger partial charge in [-0.25, -0.2) is 0 Å². The second-order valence-corrected chi connectivity index (χ2v) is 2.79. The molecule has 0 aliphatic carbocycles. The van der Waals surface area contributed by atoms with E-state index in [-0.39, 0.29) is 0 Å². The summed E-state index contributed by atoms with van der Waals surface area (Å²) >= 11 is 10.9. The molecule has 12 heavy (non-hydrogen) atoms. The van der Waals surface area contributed by atoms with Crippen LogP contribution in [-0.2, 0) is 19.1 Å². The number of hydrogen-bond donors (Lipinski definition) is 0. The highest BCUT2D eigenvalue weighted by Gasteiger charge is 2.31. The molecule has 0 unspecified atom stereocenters. The first-order chi connectivity index (χ1) is 5.54. The van der Waals surface area contributed by atoms with Gasteiger partial charge in [0.15, 0.2) is 10.8 Å². The maximum absolute atomic E-state index is 10.7. The lowest BCUT2D eigenvalue weighted by molar-refractivity contribution is -0.146. The van der Waals surface area contributed by atoms with Crippen molar-refractivity contribution in [2.75, 3.05) is 14.2 Å². The molecular formula is C6H8Cl2O4. The molecule has 0 bridgehead atoms. The minimum Gasteiger partial charge on any atom is -0.468 e. The van der Waals surface area contributed by atoms with Crippen molar-refractivity contribution in [1.29, 1.82) is 0 Å². The van der Waals surface area contributed by atoms with Crippen LogP contribution in [0.5, 0.6) is 0 Å². The van der Waals surface area contributed by atoms with E-state index in [0.717, 1.165) is 14.2 Å². The van der Waals surface area contributed by atoms with Crippen molar-refractivity contribution in [3.05, 3.63) is 0 Å². The molecule has 0 aromatic carbocycles. The van der Waals surface area contributed by atoms with E-state index in [1.54, 1.807) is 0 Å². The SMILES string of the molecule is COC(=O)[C@H](Cl)[C@@H](Cl)C(=O)OC. The molecule has 6 heteroatoms. The molecule has 0 rings (SSSR count). The summed E-state index contributed by atoms with van der Waals surface area (Å²) in [5, 5.41) is -2.44. The molecule has 0 spiro atoms. The lowest BCUT2D eigenvalue weighted by Gasteiger charge is -2.10. The lowest BCUT2D eigenvalue weighted by Crippen LogP contribution is -2.33. The zero-order valence-electron chi connectivity index (χ0n) is 6.54. The third-order valence-corrected chi connectivity index (χ3v) is 2.10. The van der Waals surface area contributed by atoms with Gasteiger partial charge >= 0.3 is 11.9 Å². The molecule has 0 radical (unpaired) electrons. The molecule has 0 fully saturated rings. The van der Waals surface area contributed by atoms with E-state index >= 15 is 0 Å². The van der Waals surface area contributed by atoms with Gasteiger partial charge in [0, 0.05) is 0 Å². The van der Waals surface area contributed by atoms with Gasteiger partial charge in [0.2, 0.25) is 0 Å². The maximum Gasteiger partial charge on any atom is 0.325 e. The monoisotopic (exact) mass is 214 g/mol. The molecule has 0 saturated heterocycles. The highest BCUT2D eigenvalue weighted by Crippen LogP contribution is 2.12. The minimum absolute atomic E-state index is 0.762. The summed E-state index contributed by atoms with van der Waals surface area (Å²) in [6.45, 7) is 0. The highest BCUT2D eigenvalue weighted by atomic mass is 35.5. The van der Waals surface area contributed by atoms with E-state index in [1.165, 1.54) is 0 Å². The number of hydrogen-bond acceptors (Lipinski definition) is 4. The van der Waals surface area contributed by atoms with E-state index in [4.69, 9.17) is 23.2 Å². The van der Waals surface area contributed by atoms with Gasteiger partial charge in [0.05, 0.1) is 14.2 Å². The van der Waals surface area contributed by atoms with Crippen LogP contribution in [0.15, 0.2) is 0 Å². The van der Waals surface area contributed by atoms with Crippen LogP contribution >= 0.6 is 23.2 Å². The van der Waals surface area contributed by atoms with Gasteiger partial charge in [0.1, 0.15) is 0 Å². The van der Waals surface area contributed by atoms with Gasteiger partial charge in [-0.1, -0.05) is 0 Å². The molecular weight excluding hydrogens is 207 g/mol. The molecule has 0 N–H and O–H groups in total. The molecule has 0 aliphatic heterocycles. The molecule has 0 aromatic heterocycles. The minimum atomic E-state index is -1.22. The number of halogens is 2. The Bertz CT molecular complexity index is 162. The van der Waals surface area contributed by atoms with E-state index in [0.29, 0.717) is 0 Å². The Kier molecular flexibility index (Phi) is 5.01. The average Bonchev–Trinajstić information content (AvgIpc) is 2.12.